The van der Waals surface area contributed by atoms with Crippen molar-refractivity contribution in [2.75, 3.05) is 44.9 Å². The monoisotopic (exact) mass is 549 g/mol. The highest BCUT2D eigenvalue weighted by atomic mass is 19.4. The van der Waals surface area contributed by atoms with Gasteiger partial charge in [-0.05, 0) is 55.9 Å². The third-order valence-corrected chi connectivity index (χ3v) is 7.82. The van der Waals surface area contributed by atoms with Crippen LogP contribution >= 0.6 is 0 Å². The number of nitrogens with zero attached hydrogens (tertiary/aromatic N) is 4. The highest BCUT2D eigenvalue weighted by Crippen LogP contribution is 2.31. The molecule has 2 aromatic rings. The van der Waals surface area contributed by atoms with E-state index in [1.807, 2.05) is 16.7 Å². The number of anilines is 1. The fourth-order valence-corrected chi connectivity index (χ4v) is 5.72. The van der Waals surface area contributed by atoms with Crippen molar-refractivity contribution in [2.24, 2.45) is 0 Å². The summed E-state index contributed by atoms with van der Waals surface area (Å²) >= 11 is 0. The molecule has 3 aliphatic rings. The minimum absolute atomic E-state index is 0.0333. The number of hydrogen-bond donors (Lipinski definition) is 1. The summed E-state index contributed by atoms with van der Waals surface area (Å²) in [6.07, 6.45) is -0.110. The molecular weight excluding hydrogens is 515 g/mol. The van der Waals surface area contributed by atoms with E-state index in [1.54, 1.807) is 13.2 Å². The number of carbonyl (C=O) groups excluding carboxylic acids is 1. The molecule has 2 atom stereocenters. The van der Waals surface area contributed by atoms with Gasteiger partial charge in [-0.3, -0.25) is 4.79 Å². The van der Waals surface area contributed by atoms with Crippen LogP contribution in [0.4, 0.5) is 19.0 Å². The zero-order valence-electron chi connectivity index (χ0n) is 22.2. The van der Waals surface area contributed by atoms with E-state index in [-0.39, 0.29) is 23.8 Å². The Hall–Kier alpha value is -2.96. The van der Waals surface area contributed by atoms with Crippen LogP contribution in [-0.2, 0) is 22.4 Å². The molecule has 0 bridgehead atoms. The lowest BCUT2D eigenvalue weighted by Gasteiger charge is -2.38. The first kappa shape index (κ1) is 27.6. The van der Waals surface area contributed by atoms with Gasteiger partial charge in [0, 0.05) is 57.5 Å². The Balaban J connectivity index is 1.23. The molecule has 1 N–H and O–H groups in total. The Morgan fingerprint density at radius 2 is 1.92 bits per heavy atom. The smallest absolute Gasteiger partial charge is 0.406 e. The third kappa shape index (κ3) is 6.44. The summed E-state index contributed by atoms with van der Waals surface area (Å²) in [7, 11) is 1.70. The van der Waals surface area contributed by atoms with E-state index in [0.717, 1.165) is 37.0 Å². The van der Waals surface area contributed by atoms with Crippen LogP contribution in [0.2, 0.25) is 0 Å². The molecule has 212 valence electrons. The van der Waals surface area contributed by atoms with E-state index in [1.165, 1.54) is 18.5 Å². The van der Waals surface area contributed by atoms with E-state index in [0.29, 0.717) is 62.3 Å². The van der Waals surface area contributed by atoms with Gasteiger partial charge in [0.15, 0.2) is 0 Å². The second-order valence-electron chi connectivity index (χ2n) is 10.3. The first-order chi connectivity index (χ1) is 18.7. The van der Waals surface area contributed by atoms with Crippen molar-refractivity contribution in [1.29, 1.82) is 0 Å². The topological polar surface area (TPSA) is 89.1 Å². The van der Waals surface area contributed by atoms with Crippen molar-refractivity contribution >= 4 is 11.7 Å². The maximum Gasteiger partial charge on any atom is 0.573 e. The normalized spacial score (nSPS) is 22.5. The molecule has 12 heteroatoms. The van der Waals surface area contributed by atoms with Crippen molar-refractivity contribution in [3.05, 3.63) is 46.9 Å². The van der Waals surface area contributed by atoms with Gasteiger partial charge in [0.05, 0.1) is 12.7 Å². The van der Waals surface area contributed by atoms with Crippen LogP contribution < -0.4 is 15.0 Å². The Labute approximate surface area is 225 Å². The summed E-state index contributed by atoms with van der Waals surface area (Å²) in [5.41, 5.74) is 2.73. The van der Waals surface area contributed by atoms with Gasteiger partial charge in [0.2, 0.25) is 0 Å². The second-order valence-corrected chi connectivity index (χ2v) is 10.3. The first-order valence-electron chi connectivity index (χ1n) is 13.3. The summed E-state index contributed by atoms with van der Waals surface area (Å²) < 4.78 is 53.3. The molecule has 5 rings (SSSR count). The zero-order valence-corrected chi connectivity index (χ0v) is 22.2. The molecule has 3 aliphatic heterocycles. The van der Waals surface area contributed by atoms with Gasteiger partial charge in [-0.25, -0.2) is 9.97 Å². The van der Waals surface area contributed by atoms with Crippen molar-refractivity contribution in [3.8, 4) is 5.75 Å². The molecule has 0 aliphatic carbocycles. The van der Waals surface area contributed by atoms with Crippen LogP contribution in [0.5, 0.6) is 5.75 Å². The molecule has 1 aromatic carbocycles. The zero-order chi connectivity index (χ0) is 27.6. The first-order valence-corrected chi connectivity index (χ1v) is 13.3. The number of alkyl halides is 3. The van der Waals surface area contributed by atoms with Gasteiger partial charge in [0.25, 0.3) is 5.91 Å². The summed E-state index contributed by atoms with van der Waals surface area (Å²) in [5, 5.41) is 3.70. The number of likely N-dealkylation sites (tertiary alicyclic amines) is 1. The number of nitrogens with one attached hydrogen (secondary N) is 1. The van der Waals surface area contributed by atoms with Crippen molar-refractivity contribution < 1.29 is 32.2 Å². The van der Waals surface area contributed by atoms with Crippen LogP contribution in [0.15, 0.2) is 24.5 Å². The standard InChI is InChI=1S/C27H34F3N5O4/c1-17-24(26(36)34-10-6-20(7-11-34)33-22-8-12-38-15-23(22)37-2)31-16-32-25(17)35-9-5-18-3-4-21(13-19(18)14-35)39-27(28,29)30/h3-4,13,16,20,22-23,33H,5-12,14-15H2,1-2H3/t22-,23+/m0/s1. The molecule has 0 saturated carbocycles. The predicted molar refractivity (Wildman–Crippen MR) is 137 cm³/mol. The Morgan fingerprint density at radius 1 is 1.13 bits per heavy atom. The van der Waals surface area contributed by atoms with E-state index >= 15 is 0 Å². The number of ether oxygens (including phenoxy) is 3. The van der Waals surface area contributed by atoms with E-state index in [2.05, 4.69) is 20.0 Å². The van der Waals surface area contributed by atoms with Crippen molar-refractivity contribution in [1.82, 2.24) is 20.2 Å². The van der Waals surface area contributed by atoms with Gasteiger partial charge in [0.1, 0.15) is 23.6 Å². The van der Waals surface area contributed by atoms with Crippen LogP contribution in [-0.4, -0.2) is 85.3 Å². The van der Waals surface area contributed by atoms with Crippen LogP contribution in [0.1, 0.15) is 46.4 Å². The van der Waals surface area contributed by atoms with Crippen LogP contribution in [0.25, 0.3) is 0 Å². The average Bonchev–Trinajstić information content (AvgIpc) is 2.92. The number of benzene rings is 1. The molecule has 9 nitrogen and oxygen atoms in total. The van der Waals surface area contributed by atoms with E-state index in [9.17, 15) is 18.0 Å². The SMILES string of the molecule is CO[C@@H]1COCC[C@@H]1NC1CCN(C(=O)c2ncnc(N3CCc4ccc(OC(F)(F)F)cc4C3)c2C)CC1. The fraction of sp³-hybridized carbons (Fsp3) is 0.593. The average molecular weight is 550 g/mol. The number of carbonyl (C=O) groups is 1. The van der Waals surface area contributed by atoms with Gasteiger partial charge >= 0.3 is 6.36 Å². The number of methoxy groups -OCH3 is 1. The summed E-state index contributed by atoms with van der Waals surface area (Å²) in [6, 6.07) is 4.98. The molecule has 1 aromatic heterocycles. The Morgan fingerprint density at radius 3 is 2.67 bits per heavy atom. The van der Waals surface area contributed by atoms with Crippen LogP contribution in [0, 0.1) is 6.92 Å². The lowest BCUT2D eigenvalue weighted by Crippen LogP contribution is -2.54. The molecule has 0 radical (unpaired) electrons. The van der Waals surface area contributed by atoms with Crippen molar-refractivity contribution in [2.45, 2.75) is 63.7 Å². The van der Waals surface area contributed by atoms with Gasteiger partial charge in [-0.1, -0.05) is 6.07 Å². The van der Waals surface area contributed by atoms with Gasteiger partial charge in [-0.2, -0.15) is 0 Å². The molecule has 0 spiro atoms. The molecule has 2 fully saturated rings. The maximum atomic E-state index is 13.5. The number of halogens is 3. The Bertz CT molecular complexity index is 1170. The second kappa shape index (κ2) is 11.6. The summed E-state index contributed by atoms with van der Waals surface area (Å²) in [4.78, 5) is 26.0. The largest absolute Gasteiger partial charge is 0.573 e. The molecule has 0 unspecified atom stereocenters. The summed E-state index contributed by atoms with van der Waals surface area (Å²) in [5.74, 6) is 0.238. The minimum atomic E-state index is -4.75. The summed E-state index contributed by atoms with van der Waals surface area (Å²) in [6.45, 7) is 5.36. The molecule has 1 amide bonds. The lowest BCUT2D eigenvalue weighted by molar-refractivity contribution is -0.274. The molecule has 2 saturated heterocycles. The van der Waals surface area contributed by atoms with Crippen LogP contribution in [0.3, 0.4) is 0 Å². The predicted octanol–water partition coefficient (Wildman–Crippen LogP) is 3.24. The number of hydrogen-bond acceptors (Lipinski definition) is 8. The number of rotatable bonds is 6. The number of amides is 1. The quantitative estimate of drug-likeness (QED) is 0.588. The third-order valence-electron chi connectivity index (χ3n) is 7.82. The molecule has 39 heavy (non-hydrogen) atoms. The fourth-order valence-electron chi connectivity index (χ4n) is 5.72. The van der Waals surface area contributed by atoms with E-state index < -0.39 is 6.36 Å². The molecule has 4 heterocycles. The van der Waals surface area contributed by atoms with E-state index in [4.69, 9.17) is 9.47 Å². The Kier molecular flexibility index (Phi) is 8.24. The number of aromatic nitrogens is 2. The number of fused-ring (bicyclic) bond motifs is 1. The maximum absolute atomic E-state index is 13.5. The van der Waals surface area contributed by atoms with Gasteiger partial charge in [-0.15, -0.1) is 13.2 Å². The van der Waals surface area contributed by atoms with Crippen molar-refractivity contribution in [3.63, 3.8) is 0 Å². The highest BCUT2D eigenvalue weighted by Gasteiger charge is 2.33. The van der Waals surface area contributed by atoms with Gasteiger partial charge < -0.3 is 29.3 Å². The molecular formula is C27H34F3N5O4. The highest BCUT2D eigenvalue weighted by molar-refractivity contribution is 5.94. The minimum Gasteiger partial charge on any atom is -0.406 e. The number of piperidine rings is 1. The lowest BCUT2D eigenvalue weighted by atomic mass is 9.98.